The number of nitrogens with zero attached hydrogens (tertiary/aromatic N) is 2. The third-order valence-electron chi connectivity index (χ3n) is 2.39. The van der Waals surface area contributed by atoms with Crippen LogP contribution in [0.1, 0.15) is 30.3 Å². The molecule has 0 aromatic carbocycles. The van der Waals surface area contributed by atoms with Gasteiger partial charge in [0.25, 0.3) is 0 Å². The summed E-state index contributed by atoms with van der Waals surface area (Å²) >= 11 is 0. The van der Waals surface area contributed by atoms with Crippen molar-refractivity contribution in [3.8, 4) is 0 Å². The van der Waals surface area contributed by atoms with Gasteiger partial charge in [0.15, 0.2) is 0 Å². The van der Waals surface area contributed by atoms with Gasteiger partial charge in [-0.05, 0) is 25.7 Å². The Morgan fingerprint density at radius 3 is 2.69 bits per heavy atom. The van der Waals surface area contributed by atoms with E-state index in [1.807, 2.05) is 6.92 Å². The van der Waals surface area contributed by atoms with Crippen molar-refractivity contribution in [3.05, 3.63) is 23.8 Å². The van der Waals surface area contributed by atoms with Crippen molar-refractivity contribution in [1.82, 2.24) is 15.4 Å². The number of aromatic nitrogens is 2. The Labute approximate surface area is 77.5 Å². The van der Waals surface area contributed by atoms with E-state index in [1.165, 1.54) is 12.8 Å². The molecule has 1 aromatic rings. The molecule has 3 N–H and O–H groups in total. The van der Waals surface area contributed by atoms with Crippen molar-refractivity contribution in [1.29, 1.82) is 0 Å². The zero-order chi connectivity index (χ0) is 9.26. The van der Waals surface area contributed by atoms with Crippen LogP contribution in [0, 0.1) is 12.8 Å². The van der Waals surface area contributed by atoms with Gasteiger partial charge in [0.1, 0.15) is 0 Å². The molecule has 1 aliphatic rings. The predicted octanol–water partition coefficient (Wildman–Crippen LogP) is 0.699. The largest absolute Gasteiger partial charge is 0.271 e. The summed E-state index contributed by atoms with van der Waals surface area (Å²) in [7, 11) is 0. The average Bonchev–Trinajstić information content (AvgIpc) is 2.93. The molecule has 1 saturated carbocycles. The summed E-state index contributed by atoms with van der Waals surface area (Å²) in [6.07, 6.45) is 6.06. The molecule has 1 aliphatic carbocycles. The van der Waals surface area contributed by atoms with Gasteiger partial charge < -0.3 is 0 Å². The maximum Gasteiger partial charge on any atom is 0.0772 e. The van der Waals surface area contributed by atoms with Crippen LogP contribution in [0.15, 0.2) is 12.4 Å². The zero-order valence-electron chi connectivity index (χ0n) is 7.70. The molecule has 0 spiro atoms. The van der Waals surface area contributed by atoms with E-state index in [9.17, 15) is 0 Å². The minimum Gasteiger partial charge on any atom is -0.271 e. The van der Waals surface area contributed by atoms with Crippen molar-refractivity contribution in [3.63, 3.8) is 0 Å². The summed E-state index contributed by atoms with van der Waals surface area (Å²) in [4.78, 5) is 8.51. The standard InChI is InChI=1S/C9H14N4/c1-6-4-12-8(5-11-6)9(13-10)7-2-3-7/h4-5,7,9,13H,2-3,10H2,1H3. The third kappa shape index (κ3) is 1.84. The Hall–Kier alpha value is -1.00. The van der Waals surface area contributed by atoms with E-state index in [1.54, 1.807) is 12.4 Å². The lowest BCUT2D eigenvalue weighted by Gasteiger charge is -2.13. The van der Waals surface area contributed by atoms with E-state index < -0.39 is 0 Å². The van der Waals surface area contributed by atoms with Crippen LogP contribution in [0.5, 0.6) is 0 Å². The first-order valence-corrected chi connectivity index (χ1v) is 4.56. The quantitative estimate of drug-likeness (QED) is 0.528. The first kappa shape index (κ1) is 8.59. The Kier molecular flexibility index (Phi) is 2.24. The van der Waals surface area contributed by atoms with Gasteiger partial charge in [0, 0.05) is 6.20 Å². The third-order valence-corrected chi connectivity index (χ3v) is 2.39. The van der Waals surface area contributed by atoms with Crippen molar-refractivity contribution >= 4 is 0 Å². The van der Waals surface area contributed by atoms with Crippen molar-refractivity contribution in [2.45, 2.75) is 25.8 Å². The Morgan fingerprint density at radius 2 is 2.23 bits per heavy atom. The van der Waals surface area contributed by atoms with E-state index in [0.29, 0.717) is 5.92 Å². The van der Waals surface area contributed by atoms with Crippen LogP contribution < -0.4 is 11.3 Å². The van der Waals surface area contributed by atoms with Gasteiger partial charge in [-0.25, -0.2) is 0 Å². The van der Waals surface area contributed by atoms with Gasteiger partial charge in [0.2, 0.25) is 0 Å². The van der Waals surface area contributed by atoms with Crippen LogP contribution in [0.2, 0.25) is 0 Å². The number of hydrazine groups is 1. The molecule has 70 valence electrons. The number of nitrogens with one attached hydrogen (secondary N) is 1. The van der Waals surface area contributed by atoms with Crippen LogP contribution in [0.3, 0.4) is 0 Å². The highest BCUT2D eigenvalue weighted by atomic mass is 15.2. The van der Waals surface area contributed by atoms with E-state index >= 15 is 0 Å². The Morgan fingerprint density at radius 1 is 1.46 bits per heavy atom. The SMILES string of the molecule is Cc1cnc(C(NN)C2CC2)cn1. The molecule has 1 atom stereocenters. The van der Waals surface area contributed by atoms with Crippen molar-refractivity contribution in [2.24, 2.45) is 11.8 Å². The molecule has 1 fully saturated rings. The maximum atomic E-state index is 5.47. The second-order valence-corrected chi connectivity index (χ2v) is 3.56. The monoisotopic (exact) mass is 178 g/mol. The molecule has 0 amide bonds. The molecule has 1 unspecified atom stereocenters. The summed E-state index contributed by atoms with van der Waals surface area (Å²) in [5.41, 5.74) is 4.69. The van der Waals surface area contributed by atoms with E-state index in [0.717, 1.165) is 11.4 Å². The number of rotatable bonds is 3. The van der Waals surface area contributed by atoms with Crippen LogP contribution in [-0.4, -0.2) is 9.97 Å². The topological polar surface area (TPSA) is 63.8 Å². The van der Waals surface area contributed by atoms with Crippen molar-refractivity contribution < 1.29 is 0 Å². The van der Waals surface area contributed by atoms with Gasteiger partial charge in [-0.3, -0.25) is 21.2 Å². The van der Waals surface area contributed by atoms with Crippen LogP contribution in [0.4, 0.5) is 0 Å². The van der Waals surface area contributed by atoms with E-state index in [-0.39, 0.29) is 6.04 Å². The first-order chi connectivity index (χ1) is 6.31. The first-order valence-electron chi connectivity index (χ1n) is 4.56. The maximum absolute atomic E-state index is 5.47. The molecule has 0 aliphatic heterocycles. The van der Waals surface area contributed by atoms with Crippen LogP contribution >= 0.6 is 0 Å². The fourth-order valence-corrected chi connectivity index (χ4v) is 1.46. The Balaban J connectivity index is 2.17. The van der Waals surface area contributed by atoms with Crippen LogP contribution in [0.25, 0.3) is 0 Å². The van der Waals surface area contributed by atoms with Crippen molar-refractivity contribution in [2.75, 3.05) is 0 Å². The highest BCUT2D eigenvalue weighted by Gasteiger charge is 2.32. The fraction of sp³-hybridized carbons (Fsp3) is 0.556. The van der Waals surface area contributed by atoms with Gasteiger partial charge in [-0.2, -0.15) is 0 Å². The molecule has 1 aromatic heterocycles. The second-order valence-electron chi connectivity index (χ2n) is 3.56. The summed E-state index contributed by atoms with van der Waals surface area (Å²) in [6.45, 7) is 1.93. The highest BCUT2D eigenvalue weighted by molar-refractivity contribution is 5.09. The number of hydrogen-bond donors (Lipinski definition) is 2. The highest BCUT2D eigenvalue weighted by Crippen LogP contribution is 2.39. The molecule has 4 heteroatoms. The Bertz CT molecular complexity index is 278. The van der Waals surface area contributed by atoms with Gasteiger partial charge in [-0.15, -0.1) is 0 Å². The van der Waals surface area contributed by atoms with Gasteiger partial charge in [0.05, 0.1) is 23.6 Å². The number of nitrogens with two attached hydrogens (primary N) is 1. The minimum absolute atomic E-state index is 0.188. The molecule has 0 bridgehead atoms. The minimum atomic E-state index is 0.188. The van der Waals surface area contributed by atoms with E-state index in [2.05, 4.69) is 15.4 Å². The van der Waals surface area contributed by atoms with E-state index in [4.69, 9.17) is 5.84 Å². The molecule has 0 radical (unpaired) electrons. The molecule has 4 nitrogen and oxygen atoms in total. The lowest BCUT2D eigenvalue weighted by atomic mass is 10.1. The average molecular weight is 178 g/mol. The molecule has 13 heavy (non-hydrogen) atoms. The summed E-state index contributed by atoms with van der Waals surface area (Å²) in [5, 5.41) is 0. The fourth-order valence-electron chi connectivity index (χ4n) is 1.46. The summed E-state index contributed by atoms with van der Waals surface area (Å²) in [5.74, 6) is 6.12. The summed E-state index contributed by atoms with van der Waals surface area (Å²) in [6, 6.07) is 0.188. The molecule has 1 heterocycles. The normalized spacial score (nSPS) is 18.6. The number of hydrogen-bond acceptors (Lipinski definition) is 4. The molecule has 0 saturated heterocycles. The smallest absolute Gasteiger partial charge is 0.0772 e. The van der Waals surface area contributed by atoms with Crippen LogP contribution in [-0.2, 0) is 0 Å². The lowest BCUT2D eigenvalue weighted by molar-refractivity contribution is 0.483. The van der Waals surface area contributed by atoms with Gasteiger partial charge in [-0.1, -0.05) is 0 Å². The zero-order valence-corrected chi connectivity index (χ0v) is 7.70. The predicted molar refractivity (Wildman–Crippen MR) is 49.6 cm³/mol. The molecular weight excluding hydrogens is 164 g/mol. The summed E-state index contributed by atoms with van der Waals surface area (Å²) < 4.78 is 0. The lowest BCUT2D eigenvalue weighted by Crippen LogP contribution is -2.30. The molecular formula is C9H14N4. The molecule has 2 rings (SSSR count). The second kappa shape index (κ2) is 3.40. The van der Waals surface area contributed by atoms with Gasteiger partial charge >= 0.3 is 0 Å². The number of aryl methyl sites for hydroxylation is 1.